The molecule has 0 radical (unpaired) electrons. The summed E-state index contributed by atoms with van der Waals surface area (Å²) in [5.74, 6) is 0.330. The fourth-order valence-electron chi connectivity index (χ4n) is 4.65. The van der Waals surface area contributed by atoms with Gasteiger partial charge in [-0.2, -0.15) is 0 Å². The number of rotatable bonds is 6. The molecule has 0 aliphatic carbocycles. The molecule has 1 atom stereocenters. The summed E-state index contributed by atoms with van der Waals surface area (Å²) < 4.78 is 0. The van der Waals surface area contributed by atoms with Crippen LogP contribution in [-0.4, -0.2) is 46.9 Å². The van der Waals surface area contributed by atoms with E-state index in [-0.39, 0.29) is 11.5 Å². The number of carbonyl (C=O) groups excluding carboxylic acids is 1. The Balaban J connectivity index is 1.27. The summed E-state index contributed by atoms with van der Waals surface area (Å²) in [6.45, 7) is 4.42. The molecule has 0 bridgehead atoms. The van der Waals surface area contributed by atoms with Crippen LogP contribution in [0.4, 0.5) is 0 Å². The van der Waals surface area contributed by atoms with E-state index in [1.807, 2.05) is 47.5 Å². The molecule has 29 heavy (non-hydrogen) atoms. The molecule has 2 fully saturated rings. The number of amides is 1. The van der Waals surface area contributed by atoms with Crippen LogP contribution in [0.25, 0.3) is 0 Å². The zero-order chi connectivity index (χ0) is 20.3. The predicted molar refractivity (Wildman–Crippen MR) is 115 cm³/mol. The number of nitrogens with zero attached hydrogens (tertiary/aromatic N) is 3. The summed E-state index contributed by atoms with van der Waals surface area (Å²) in [4.78, 5) is 21.8. The van der Waals surface area contributed by atoms with Gasteiger partial charge < -0.3 is 15.5 Å². The number of piperidine rings is 1. The van der Waals surface area contributed by atoms with E-state index < -0.39 is 0 Å². The summed E-state index contributed by atoms with van der Waals surface area (Å²) in [7, 11) is 0. The van der Waals surface area contributed by atoms with Crippen LogP contribution >= 0.6 is 11.6 Å². The van der Waals surface area contributed by atoms with E-state index in [2.05, 4.69) is 9.88 Å². The van der Waals surface area contributed by atoms with Crippen LogP contribution in [0.2, 0.25) is 5.02 Å². The molecule has 1 unspecified atom stereocenters. The Labute approximate surface area is 177 Å². The maximum atomic E-state index is 13.1. The summed E-state index contributed by atoms with van der Waals surface area (Å²) in [5, 5.41) is 0.730. The summed E-state index contributed by atoms with van der Waals surface area (Å²) in [6, 6.07) is 11.8. The van der Waals surface area contributed by atoms with Gasteiger partial charge in [0, 0.05) is 36.5 Å². The Morgan fingerprint density at radius 2 is 1.93 bits per heavy atom. The van der Waals surface area contributed by atoms with Crippen molar-refractivity contribution in [1.29, 1.82) is 0 Å². The lowest BCUT2D eigenvalue weighted by Crippen LogP contribution is -2.45. The molecule has 1 amide bonds. The number of benzene rings is 1. The maximum absolute atomic E-state index is 13.1. The average Bonchev–Trinajstić information content (AvgIpc) is 3.04. The monoisotopic (exact) mass is 412 g/mol. The molecule has 1 aromatic heterocycles. The maximum Gasteiger partial charge on any atom is 0.229 e. The van der Waals surface area contributed by atoms with Crippen molar-refractivity contribution < 1.29 is 4.79 Å². The molecule has 2 saturated heterocycles. The van der Waals surface area contributed by atoms with Crippen molar-refractivity contribution in [2.24, 2.45) is 11.1 Å². The van der Waals surface area contributed by atoms with E-state index in [1.54, 1.807) is 6.20 Å². The van der Waals surface area contributed by atoms with Crippen molar-refractivity contribution in [3.63, 3.8) is 0 Å². The van der Waals surface area contributed by atoms with Crippen LogP contribution in [0.1, 0.15) is 42.9 Å². The van der Waals surface area contributed by atoms with Crippen LogP contribution in [0.3, 0.4) is 0 Å². The third-order valence-corrected chi connectivity index (χ3v) is 6.78. The summed E-state index contributed by atoms with van der Waals surface area (Å²) in [6.07, 6.45) is 7.38. The average molecular weight is 413 g/mol. The standard InChI is InChI=1S/C23H29ClN4O/c24-20-5-1-4-19(15-20)21(25)6-11-27-12-7-23(8-13-27)9-14-28(22(23)29)17-18-3-2-10-26-16-18/h1-5,10,15-16,21H,6-9,11-14,17,25H2. The van der Waals surface area contributed by atoms with E-state index >= 15 is 0 Å². The lowest BCUT2D eigenvalue weighted by atomic mass is 9.77. The molecular formula is C23H29ClN4O. The van der Waals surface area contributed by atoms with Crippen LogP contribution < -0.4 is 5.73 Å². The van der Waals surface area contributed by atoms with Gasteiger partial charge in [-0.1, -0.05) is 29.8 Å². The quantitative estimate of drug-likeness (QED) is 0.786. The molecule has 5 nitrogen and oxygen atoms in total. The first kappa shape index (κ1) is 20.3. The van der Waals surface area contributed by atoms with Crippen molar-refractivity contribution >= 4 is 17.5 Å². The van der Waals surface area contributed by atoms with Crippen molar-refractivity contribution in [2.45, 2.75) is 38.3 Å². The second-order valence-electron chi connectivity index (χ2n) is 8.41. The minimum atomic E-state index is -0.159. The van der Waals surface area contributed by atoms with E-state index in [0.717, 1.165) is 68.0 Å². The first-order chi connectivity index (χ1) is 14.1. The lowest BCUT2D eigenvalue weighted by molar-refractivity contribution is -0.138. The third kappa shape index (κ3) is 4.63. The number of nitrogens with two attached hydrogens (primary N) is 1. The molecule has 3 heterocycles. The number of carbonyl (C=O) groups is 1. The van der Waals surface area contributed by atoms with Gasteiger partial charge in [0.1, 0.15) is 0 Å². The molecule has 2 aliphatic heterocycles. The highest BCUT2D eigenvalue weighted by molar-refractivity contribution is 6.30. The molecule has 2 N–H and O–H groups in total. The first-order valence-electron chi connectivity index (χ1n) is 10.5. The zero-order valence-electron chi connectivity index (χ0n) is 16.8. The zero-order valence-corrected chi connectivity index (χ0v) is 17.5. The normalized spacial score (nSPS) is 20.3. The summed E-state index contributed by atoms with van der Waals surface area (Å²) >= 11 is 6.08. The second kappa shape index (κ2) is 8.82. The number of pyridine rings is 1. The Morgan fingerprint density at radius 1 is 1.14 bits per heavy atom. The van der Waals surface area contributed by atoms with Crippen LogP contribution in [0.5, 0.6) is 0 Å². The van der Waals surface area contributed by atoms with Gasteiger partial charge in [0.15, 0.2) is 0 Å². The number of hydrogen-bond donors (Lipinski definition) is 1. The molecule has 0 saturated carbocycles. The molecular weight excluding hydrogens is 384 g/mol. The first-order valence-corrected chi connectivity index (χ1v) is 10.9. The lowest BCUT2D eigenvalue weighted by Gasteiger charge is -2.38. The fourth-order valence-corrected chi connectivity index (χ4v) is 4.85. The number of aromatic nitrogens is 1. The second-order valence-corrected chi connectivity index (χ2v) is 8.85. The Bertz CT molecular complexity index is 836. The van der Waals surface area contributed by atoms with Crippen LogP contribution in [-0.2, 0) is 11.3 Å². The SMILES string of the molecule is NC(CCN1CCC2(CC1)CCN(Cc1cccnc1)C2=O)c1cccc(Cl)c1. The van der Waals surface area contributed by atoms with E-state index in [4.69, 9.17) is 17.3 Å². The van der Waals surface area contributed by atoms with Gasteiger partial charge in [0.25, 0.3) is 0 Å². The van der Waals surface area contributed by atoms with Crippen LogP contribution in [0, 0.1) is 5.41 Å². The largest absolute Gasteiger partial charge is 0.338 e. The molecule has 154 valence electrons. The van der Waals surface area contributed by atoms with Crippen LogP contribution in [0.15, 0.2) is 48.8 Å². The molecule has 2 aliphatic rings. The minimum Gasteiger partial charge on any atom is -0.338 e. The van der Waals surface area contributed by atoms with Crippen molar-refractivity contribution in [2.75, 3.05) is 26.2 Å². The molecule has 6 heteroatoms. The van der Waals surface area contributed by atoms with Gasteiger partial charge in [0.2, 0.25) is 5.91 Å². The molecule has 1 spiro atoms. The number of likely N-dealkylation sites (tertiary alicyclic amines) is 2. The van der Waals surface area contributed by atoms with Gasteiger partial charge in [-0.25, -0.2) is 0 Å². The van der Waals surface area contributed by atoms with Gasteiger partial charge >= 0.3 is 0 Å². The number of hydrogen-bond acceptors (Lipinski definition) is 4. The topological polar surface area (TPSA) is 62.5 Å². The van der Waals surface area contributed by atoms with Crippen molar-refractivity contribution in [3.8, 4) is 0 Å². The number of halogens is 1. The smallest absolute Gasteiger partial charge is 0.229 e. The van der Waals surface area contributed by atoms with Gasteiger partial charge in [0.05, 0.1) is 5.41 Å². The third-order valence-electron chi connectivity index (χ3n) is 6.54. The Kier molecular flexibility index (Phi) is 6.18. The summed E-state index contributed by atoms with van der Waals surface area (Å²) in [5.41, 5.74) is 8.39. The Morgan fingerprint density at radius 3 is 2.66 bits per heavy atom. The van der Waals surface area contributed by atoms with Crippen molar-refractivity contribution in [1.82, 2.24) is 14.8 Å². The van der Waals surface area contributed by atoms with Gasteiger partial charge in [-0.3, -0.25) is 9.78 Å². The molecule has 2 aromatic rings. The highest BCUT2D eigenvalue weighted by atomic mass is 35.5. The van der Waals surface area contributed by atoms with E-state index in [1.165, 1.54) is 0 Å². The Hall–Kier alpha value is -1.95. The van der Waals surface area contributed by atoms with Crippen molar-refractivity contribution in [3.05, 3.63) is 64.9 Å². The molecule has 1 aromatic carbocycles. The highest BCUT2D eigenvalue weighted by Crippen LogP contribution is 2.42. The molecule has 4 rings (SSSR count). The van der Waals surface area contributed by atoms with E-state index in [0.29, 0.717) is 12.5 Å². The van der Waals surface area contributed by atoms with Gasteiger partial charge in [-0.05, 0) is 74.6 Å². The highest BCUT2D eigenvalue weighted by Gasteiger charge is 2.47. The fraction of sp³-hybridized carbons (Fsp3) is 0.478. The van der Waals surface area contributed by atoms with E-state index in [9.17, 15) is 4.79 Å². The van der Waals surface area contributed by atoms with Gasteiger partial charge in [-0.15, -0.1) is 0 Å². The minimum absolute atomic E-state index is 0.00678. The predicted octanol–water partition coefficient (Wildman–Crippen LogP) is 3.64.